The molecule has 4 aromatic carbocycles. The number of anilines is 1. The van der Waals surface area contributed by atoms with Gasteiger partial charge in [0.25, 0.3) is 15.9 Å². The van der Waals surface area contributed by atoms with Crippen molar-refractivity contribution in [2.75, 3.05) is 11.3 Å². The minimum Gasteiger partial charge on any atom is -0.508 e. The Kier molecular flexibility index (Phi) is 6.43. The van der Waals surface area contributed by atoms with Gasteiger partial charge in [0, 0.05) is 12.2 Å². The maximum Gasteiger partial charge on any atom is 0.261 e. The molecule has 0 saturated carbocycles. The molecular weight excluding hydrogens is 452 g/mol. The van der Waals surface area contributed by atoms with E-state index in [4.69, 9.17) is 0 Å². The number of hydrogen-bond acceptors (Lipinski definition) is 5. The Morgan fingerprint density at radius 2 is 1.56 bits per heavy atom. The fourth-order valence-corrected chi connectivity index (χ4v) is 4.60. The normalized spacial score (nSPS) is 11.3. The fourth-order valence-electron chi connectivity index (χ4n) is 3.54. The lowest BCUT2D eigenvalue weighted by Crippen LogP contribution is -2.25. The summed E-state index contributed by atoms with van der Waals surface area (Å²) in [6, 6.07) is 21.3. The first-order valence-electron chi connectivity index (χ1n) is 10.6. The largest absolute Gasteiger partial charge is 0.508 e. The highest BCUT2D eigenvalue weighted by molar-refractivity contribution is 7.92. The molecular formula is C26H24N2O5S. The van der Waals surface area contributed by atoms with Crippen molar-refractivity contribution in [3.63, 3.8) is 0 Å². The summed E-state index contributed by atoms with van der Waals surface area (Å²) in [5, 5.41) is 24.0. The summed E-state index contributed by atoms with van der Waals surface area (Å²) in [5.41, 5.74) is 2.45. The number of nitrogens with one attached hydrogen (secondary N) is 2. The lowest BCUT2D eigenvalue weighted by molar-refractivity contribution is 0.0951. The van der Waals surface area contributed by atoms with Crippen LogP contribution in [0.2, 0.25) is 0 Å². The second kappa shape index (κ2) is 9.44. The molecule has 4 aromatic rings. The van der Waals surface area contributed by atoms with Crippen LogP contribution in [0.1, 0.15) is 21.5 Å². The van der Waals surface area contributed by atoms with Crippen molar-refractivity contribution in [1.29, 1.82) is 0 Å². The lowest BCUT2D eigenvalue weighted by Gasteiger charge is -2.10. The standard InChI is InChI=1S/C26H24N2O5S/c1-17-2-10-23(11-3-17)34(32,33)28-21-7-4-18(5-8-21)12-13-27-26(31)24-15-20-14-22(29)9-6-19(20)16-25(24)30/h2-11,14-16,28-30H,12-13H2,1H3,(H,27,31). The monoisotopic (exact) mass is 476 g/mol. The highest BCUT2D eigenvalue weighted by atomic mass is 32.2. The van der Waals surface area contributed by atoms with E-state index in [1.807, 2.05) is 6.92 Å². The summed E-state index contributed by atoms with van der Waals surface area (Å²) in [5.74, 6) is -0.486. The summed E-state index contributed by atoms with van der Waals surface area (Å²) >= 11 is 0. The van der Waals surface area contributed by atoms with Gasteiger partial charge in [-0.3, -0.25) is 9.52 Å². The Hall–Kier alpha value is -4.04. The smallest absolute Gasteiger partial charge is 0.261 e. The van der Waals surface area contributed by atoms with E-state index in [1.165, 1.54) is 24.3 Å². The van der Waals surface area contributed by atoms with Crippen LogP contribution in [0.15, 0.2) is 83.8 Å². The summed E-state index contributed by atoms with van der Waals surface area (Å²) in [4.78, 5) is 12.7. The summed E-state index contributed by atoms with van der Waals surface area (Å²) in [6.45, 7) is 2.21. The molecule has 0 bridgehead atoms. The van der Waals surface area contributed by atoms with Crippen LogP contribution in [0.5, 0.6) is 11.5 Å². The van der Waals surface area contributed by atoms with E-state index in [0.717, 1.165) is 11.1 Å². The van der Waals surface area contributed by atoms with Gasteiger partial charge in [0.15, 0.2) is 0 Å². The van der Waals surface area contributed by atoms with Gasteiger partial charge in [0.1, 0.15) is 11.5 Å². The molecule has 7 nitrogen and oxygen atoms in total. The van der Waals surface area contributed by atoms with E-state index >= 15 is 0 Å². The van der Waals surface area contributed by atoms with Crippen molar-refractivity contribution < 1.29 is 23.4 Å². The molecule has 8 heteroatoms. The number of phenols is 2. The molecule has 0 aliphatic rings. The van der Waals surface area contributed by atoms with E-state index in [9.17, 15) is 23.4 Å². The SMILES string of the molecule is Cc1ccc(S(=O)(=O)Nc2ccc(CCNC(=O)c3cc4cc(O)ccc4cc3O)cc2)cc1. The number of phenolic OH excluding ortho intramolecular Hbond substituents is 2. The van der Waals surface area contributed by atoms with Crippen LogP contribution in [0.4, 0.5) is 5.69 Å². The third-order valence-corrected chi connectivity index (χ3v) is 6.82. The first-order valence-corrected chi connectivity index (χ1v) is 12.1. The van der Waals surface area contributed by atoms with Crippen LogP contribution in [0.3, 0.4) is 0 Å². The number of aryl methyl sites for hydroxylation is 1. The van der Waals surface area contributed by atoms with Crippen LogP contribution in [-0.2, 0) is 16.4 Å². The minimum absolute atomic E-state index is 0.0779. The maximum absolute atomic E-state index is 12.5. The number of carbonyl (C=O) groups is 1. The van der Waals surface area contributed by atoms with Crippen LogP contribution in [0, 0.1) is 6.92 Å². The van der Waals surface area contributed by atoms with Crippen molar-refractivity contribution >= 4 is 32.4 Å². The van der Waals surface area contributed by atoms with Gasteiger partial charge >= 0.3 is 0 Å². The van der Waals surface area contributed by atoms with Gasteiger partial charge in [-0.1, -0.05) is 35.9 Å². The Labute approximate surface area is 197 Å². The van der Waals surface area contributed by atoms with E-state index in [2.05, 4.69) is 10.0 Å². The highest BCUT2D eigenvalue weighted by Gasteiger charge is 2.14. The summed E-state index contributed by atoms with van der Waals surface area (Å²) in [7, 11) is -3.67. The third-order valence-electron chi connectivity index (χ3n) is 5.42. The van der Waals surface area contributed by atoms with Gasteiger partial charge in [0.2, 0.25) is 0 Å². The highest BCUT2D eigenvalue weighted by Crippen LogP contribution is 2.27. The van der Waals surface area contributed by atoms with Crippen molar-refractivity contribution in [2.24, 2.45) is 0 Å². The molecule has 34 heavy (non-hydrogen) atoms. The number of rotatable bonds is 7. The zero-order chi connectivity index (χ0) is 24.3. The Bertz CT molecular complexity index is 1450. The Morgan fingerprint density at radius 1 is 0.853 bits per heavy atom. The molecule has 0 aliphatic heterocycles. The third kappa shape index (κ3) is 5.29. The van der Waals surface area contributed by atoms with Crippen molar-refractivity contribution in [3.05, 3.63) is 95.6 Å². The Morgan fingerprint density at radius 3 is 2.26 bits per heavy atom. The molecule has 0 aromatic heterocycles. The van der Waals surface area contributed by atoms with Gasteiger partial charge in [-0.05, 0) is 78.2 Å². The Balaban J connectivity index is 1.35. The molecule has 4 rings (SSSR count). The fraction of sp³-hybridized carbons (Fsp3) is 0.115. The number of benzene rings is 4. The number of hydrogen-bond donors (Lipinski definition) is 4. The summed E-state index contributed by atoms with van der Waals surface area (Å²) < 4.78 is 27.6. The number of amides is 1. The number of aromatic hydroxyl groups is 2. The molecule has 1 amide bonds. The molecule has 0 atom stereocenters. The minimum atomic E-state index is -3.67. The van der Waals surface area contributed by atoms with E-state index in [-0.39, 0.29) is 22.0 Å². The first kappa shape index (κ1) is 23.1. The zero-order valence-corrected chi connectivity index (χ0v) is 19.3. The molecule has 174 valence electrons. The number of fused-ring (bicyclic) bond motifs is 1. The van der Waals surface area contributed by atoms with Crippen molar-refractivity contribution in [2.45, 2.75) is 18.2 Å². The molecule has 0 heterocycles. The van der Waals surface area contributed by atoms with Crippen LogP contribution < -0.4 is 10.0 Å². The second-order valence-electron chi connectivity index (χ2n) is 8.02. The van der Waals surface area contributed by atoms with Crippen LogP contribution in [-0.4, -0.2) is 31.1 Å². The van der Waals surface area contributed by atoms with E-state index in [0.29, 0.717) is 29.4 Å². The second-order valence-corrected chi connectivity index (χ2v) is 9.70. The van der Waals surface area contributed by atoms with Crippen LogP contribution >= 0.6 is 0 Å². The molecule has 0 fully saturated rings. The van der Waals surface area contributed by atoms with Gasteiger partial charge in [-0.15, -0.1) is 0 Å². The van der Waals surface area contributed by atoms with E-state index < -0.39 is 15.9 Å². The number of carbonyl (C=O) groups excluding carboxylic acids is 1. The predicted molar refractivity (Wildman–Crippen MR) is 132 cm³/mol. The van der Waals surface area contributed by atoms with Gasteiger partial charge in [0.05, 0.1) is 10.5 Å². The quantitative estimate of drug-likeness (QED) is 0.317. The lowest BCUT2D eigenvalue weighted by atomic mass is 10.0. The first-order chi connectivity index (χ1) is 16.2. The van der Waals surface area contributed by atoms with Crippen LogP contribution in [0.25, 0.3) is 10.8 Å². The average molecular weight is 477 g/mol. The zero-order valence-electron chi connectivity index (χ0n) is 18.4. The van der Waals surface area contributed by atoms with E-state index in [1.54, 1.807) is 54.6 Å². The molecule has 0 spiro atoms. The van der Waals surface area contributed by atoms with Crippen molar-refractivity contribution in [3.8, 4) is 11.5 Å². The molecule has 4 N–H and O–H groups in total. The molecule has 0 radical (unpaired) electrons. The van der Waals surface area contributed by atoms with Crippen molar-refractivity contribution in [1.82, 2.24) is 5.32 Å². The van der Waals surface area contributed by atoms with Gasteiger partial charge < -0.3 is 15.5 Å². The van der Waals surface area contributed by atoms with Gasteiger partial charge in [-0.25, -0.2) is 8.42 Å². The summed E-state index contributed by atoms with van der Waals surface area (Å²) in [6.07, 6.45) is 0.520. The average Bonchev–Trinajstić information content (AvgIpc) is 2.80. The maximum atomic E-state index is 12.5. The topological polar surface area (TPSA) is 116 Å². The molecule has 0 unspecified atom stereocenters. The van der Waals surface area contributed by atoms with Gasteiger partial charge in [-0.2, -0.15) is 0 Å². The number of sulfonamides is 1. The predicted octanol–water partition coefficient (Wildman–Crippen LogP) is 4.33. The molecule has 0 aliphatic carbocycles. The molecule has 0 saturated heterocycles.